The maximum atomic E-state index is 11.8. The summed E-state index contributed by atoms with van der Waals surface area (Å²) in [5.41, 5.74) is 0. The van der Waals surface area contributed by atoms with Crippen molar-refractivity contribution >= 4 is 11.8 Å². The fourth-order valence-electron chi connectivity index (χ4n) is 1.82. The molecule has 0 atom stereocenters. The zero-order valence-corrected chi connectivity index (χ0v) is 12.6. The van der Waals surface area contributed by atoms with E-state index in [4.69, 9.17) is 18.3 Å². The van der Waals surface area contributed by atoms with Crippen LogP contribution in [0.3, 0.4) is 0 Å². The Bertz CT molecular complexity index is 637. The van der Waals surface area contributed by atoms with Crippen LogP contribution in [-0.4, -0.2) is 32.1 Å². The molecule has 0 spiro atoms. The van der Waals surface area contributed by atoms with Crippen LogP contribution in [0.5, 0.6) is 0 Å². The number of ketones is 1. The minimum atomic E-state index is -0.526. The fraction of sp³-hybridized carbons (Fsp3) is 0.375. The molecule has 0 aromatic carbocycles. The molecule has 2 rings (SSSR count). The molecule has 118 valence electrons. The molecule has 0 N–H and O–H groups in total. The Labute approximate surface area is 128 Å². The first-order valence-electron chi connectivity index (χ1n) is 6.99. The van der Waals surface area contributed by atoms with Gasteiger partial charge < -0.3 is 18.3 Å². The van der Waals surface area contributed by atoms with Crippen molar-refractivity contribution in [1.29, 1.82) is 0 Å². The maximum Gasteiger partial charge on any atom is 0.374 e. The molecule has 0 radical (unpaired) electrons. The standard InChI is InChI=1S/C16H18O6/c1-11(17)12-5-6-13(21-12)14-7-8-15(22-14)16(18)20-10-4-3-9-19-2/h5-8H,3-4,9-10H2,1-2H3. The average Bonchev–Trinajstić information content (AvgIpc) is 3.15. The Hall–Kier alpha value is -2.34. The van der Waals surface area contributed by atoms with Crippen molar-refractivity contribution in [3.05, 3.63) is 35.8 Å². The SMILES string of the molecule is COCCCCOC(=O)c1ccc(-c2ccc(C(C)=O)o2)o1. The van der Waals surface area contributed by atoms with Gasteiger partial charge in [0.1, 0.15) is 0 Å². The van der Waals surface area contributed by atoms with E-state index in [0.717, 1.165) is 12.8 Å². The van der Waals surface area contributed by atoms with Crippen molar-refractivity contribution in [3.63, 3.8) is 0 Å². The maximum absolute atomic E-state index is 11.8. The van der Waals surface area contributed by atoms with Gasteiger partial charge in [0.2, 0.25) is 5.76 Å². The third-order valence-corrected chi connectivity index (χ3v) is 2.98. The van der Waals surface area contributed by atoms with Crippen LogP contribution in [0.15, 0.2) is 33.1 Å². The Morgan fingerprint density at radius 2 is 1.55 bits per heavy atom. The quantitative estimate of drug-likeness (QED) is 0.423. The molecule has 6 nitrogen and oxygen atoms in total. The summed E-state index contributed by atoms with van der Waals surface area (Å²) < 4.78 is 20.7. The van der Waals surface area contributed by atoms with Gasteiger partial charge in [-0.15, -0.1) is 0 Å². The smallest absolute Gasteiger partial charge is 0.374 e. The molecule has 0 unspecified atom stereocenters. The van der Waals surface area contributed by atoms with E-state index in [0.29, 0.717) is 24.7 Å². The number of rotatable bonds is 8. The minimum absolute atomic E-state index is 0.0996. The number of carbonyl (C=O) groups excluding carboxylic acids is 2. The molecular weight excluding hydrogens is 288 g/mol. The van der Waals surface area contributed by atoms with Gasteiger partial charge in [-0.1, -0.05) is 0 Å². The van der Waals surface area contributed by atoms with E-state index in [1.807, 2.05) is 0 Å². The van der Waals surface area contributed by atoms with Crippen LogP contribution in [-0.2, 0) is 9.47 Å². The number of ether oxygens (including phenoxy) is 2. The van der Waals surface area contributed by atoms with Gasteiger partial charge in [-0.3, -0.25) is 4.79 Å². The number of hydrogen-bond donors (Lipinski definition) is 0. The number of Topliss-reactive ketones (excluding diaryl/α,β-unsaturated/α-hetero) is 1. The van der Waals surface area contributed by atoms with Crippen LogP contribution in [0.4, 0.5) is 0 Å². The molecule has 6 heteroatoms. The summed E-state index contributed by atoms with van der Waals surface area (Å²) in [5, 5.41) is 0. The number of esters is 1. The summed E-state index contributed by atoms with van der Waals surface area (Å²) in [6.07, 6.45) is 1.56. The lowest BCUT2D eigenvalue weighted by Crippen LogP contribution is -2.05. The Kier molecular flexibility index (Phi) is 5.55. The number of hydrogen-bond acceptors (Lipinski definition) is 6. The molecule has 0 fully saturated rings. The molecule has 0 aliphatic rings. The van der Waals surface area contributed by atoms with Crippen LogP contribution >= 0.6 is 0 Å². The molecule has 0 aliphatic carbocycles. The van der Waals surface area contributed by atoms with Crippen molar-refractivity contribution in [2.45, 2.75) is 19.8 Å². The first-order valence-corrected chi connectivity index (χ1v) is 6.99. The van der Waals surface area contributed by atoms with Crippen molar-refractivity contribution in [2.75, 3.05) is 20.3 Å². The molecule has 0 saturated carbocycles. The highest BCUT2D eigenvalue weighted by Crippen LogP contribution is 2.25. The van der Waals surface area contributed by atoms with E-state index in [1.165, 1.54) is 13.0 Å². The molecule has 2 aromatic rings. The van der Waals surface area contributed by atoms with E-state index in [9.17, 15) is 9.59 Å². The molecule has 0 amide bonds. The summed E-state index contributed by atoms with van der Waals surface area (Å²) >= 11 is 0. The lowest BCUT2D eigenvalue weighted by molar-refractivity contribution is 0.0454. The monoisotopic (exact) mass is 306 g/mol. The molecule has 0 bridgehead atoms. The van der Waals surface area contributed by atoms with Gasteiger partial charge in [0.25, 0.3) is 0 Å². The van der Waals surface area contributed by atoms with Crippen LogP contribution < -0.4 is 0 Å². The zero-order chi connectivity index (χ0) is 15.9. The second-order valence-corrected chi connectivity index (χ2v) is 4.72. The molecular formula is C16H18O6. The van der Waals surface area contributed by atoms with Crippen LogP contribution in [0.2, 0.25) is 0 Å². The minimum Gasteiger partial charge on any atom is -0.460 e. The lowest BCUT2D eigenvalue weighted by Gasteiger charge is -2.02. The second kappa shape index (κ2) is 7.61. The highest BCUT2D eigenvalue weighted by Gasteiger charge is 2.16. The van der Waals surface area contributed by atoms with Crippen LogP contribution in [0.25, 0.3) is 11.5 Å². The van der Waals surface area contributed by atoms with Gasteiger partial charge in [0, 0.05) is 20.6 Å². The van der Waals surface area contributed by atoms with Gasteiger partial charge in [0.15, 0.2) is 23.1 Å². The van der Waals surface area contributed by atoms with Gasteiger partial charge in [-0.05, 0) is 37.1 Å². The predicted molar refractivity (Wildman–Crippen MR) is 77.8 cm³/mol. The third-order valence-electron chi connectivity index (χ3n) is 2.98. The van der Waals surface area contributed by atoms with Crippen molar-refractivity contribution in [3.8, 4) is 11.5 Å². The van der Waals surface area contributed by atoms with E-state index in [-0.39, 0.29) is 17.3 Å². The summed E-state index contributed by atoms with van der Waals surface area (Å²) in [6, 6.07) is 6.30. The second-order valence-electron chi connectivity index (χ2n) is 4.72. The predicted octanol–water partition coefficient (Wildman–Crippen LogP) is 3.33. The molecule has 2 heterocycles. The summed E-state index contributed by atoms with van der Waals surface area (Å²) in [5.74, 6) is 0.412. The summed E-state index contributed by atoms with van der Waals surface area (Å²) in [6.45, 7) is 2.37. The Morgan fingerprint density at radius 1 is 0.955 bits per heavy atom. The van der Waals surface area contributed by atoms with Crippen molar-refractivity contribution in [2.24, 2.45) is 0 Å². The van der Waals surface area contributed by atoms with Crippen LogP contribution in [0, 0.1) is 0 Å². The van der Waals surface area contributed by atoms with Crippen LogP contribution in [0.1, 0.15) is 40.9 Å². The molecule has 0 aliphatic heterocycles. The number of furan rings is 2. The lowest BCUT2D eigenvalue weighted by atomic mass is 10.3. The Balaban J connectivity index is 1.92. The van der Waals surface area contributed by atoms with Gasteiger partial charge in [0.05, 0.1) is 6.61 Å². The molecule has 0 saturated heterocycles. The largest absolute Gasteiger partial charge is 0.460 e. The van der Waals surface area contributed by atoms with Crippen molar-refractivity contribution < 1.29 is 27.9 Å². The van der Waals surface area contributed by atoms with Gasteiger partial charge in [-0.25, -0.2) is 4.79 Å². The van der Waals surface area contributed by atoms with E-state index in [1.54, 1.807) is 25.3 Å². The third kappa shape index (κ3) is 4.08. The first-order chi connectivity index (χ1) is 10.6. The van der Waals surface area contributed by atoms with Gasteiger partial charge >= 0.3 is 5.97 Å². The zero-order valence-electron chi connectivity index (χ0n) is 12.6. The topological polar surface area (TPSA) is 78.9 Å². The number of carbonyl (C=O) groups is 2. The molecule has 2 aromatic heterocycles. The highest BCUT2D eigenvalue weighted by atomic mass is 16.5. The average molecular weight is 306 g/mol. The van der Waals surface area contributed by atoms with E-state index >= 15 is 0 Å². The Morgan fingerprint density at radius 3 is 2.14 bits per heavy atom. The number of unbranched alkanes of at least 4 members (excludes halogenated alkanes) is 1. The van der Waals surface area contributed by atoms with E-state index in [2.05, 4.69) is 0 Å². The summed E-state index contributed by atoms with van der Waals surface area (Å²) in [7, 11) is 1.63. The fourth-order valence-corrected chi connectivity index (χ4v) is 1.82. The molecule has 22 heavy (non-hydrogen) atoms. The summed E-state index contributed by atoms with van der Waals surface area (Å²) in [4.78, 5) is 23.0. The van der Waals surface area contributed by atoms with Gasteiger partial charge in [-0.2, -0.15) is 0 Å². The van der Waals surface area contributed by atoms with E-state index < -0.39 is 5.97 Å². The van der Waals surface area contributed by atoms with Crippen molar-refractivity contribution in [1.82, 2.24) is 0 Å². The normalized spacial score (nSPS) is 10.6. The highest BCUT2D eigenvalue weighted by molar-refractivity contribution is 5.91. The number of methoxy groups -OCH3 is 1. The first kappa shape index (κ1) is 16.0.